The average Bonchev–Trinajstić information content (AvgIpc) is 3.50. The molecule has 9 nitrogen and oxygen atoms in total. The molecule has 0 unspecified atom stereocenters. The molecule has 2 aromatic carbocycles. The molecule has 0 bridgehead atoms. The van der Waals surface area contributed by atoms with Crippen LogP contribution in [0.3, 0.4) is 0 Å². The Balaban J connectivity index is 1.10. The van der Waals surface area contributed by atoms with E-state index in [-0.39, 0.29) is 11.7 Å². The van der Waals surface area contributed by atoms with Gasteiger partial charge in [0.1, 0.15) is 18.2 Å². The van der Waals surface area contributed by atoms with Crippen LogP contribution in [0.2, 0.25) is 0 Å². The maximum Gasteiger partial charge on any atom is 0.335 e. The van der Waals surface area contributed by atoms with Crippen molar-refractivity contribution in [2.45, 2.75) is 51.1 Å². The van der Waals surface area contributed by atoms with Crippen LogP contribution in [0.25, 0.3) is 11.0 Å². The lowest BCUT2D eigenvalue weighted by Gasteiger charge is -2.32. The van der Waals surface area contributed by atoms with Crippen LogP contribution in [0.15, 0.2) is 60.8 Å². The maximum absolute atomic E-state index is 11.5. The molecule has 2 saturated heterocycles. The van der Waals surface area contributed by atoms with E-state index in [1.54, 1.807) is 12.1 Å². The Hall–Kier alpha value is -3.69. The topological polar surface area (TPSA) is 94.6 Å². The first-order chi connectivity index (χ1) is 18.1. The Labute approximate surface area is 215 Å². The van der Waals surface area contributed by atoms with Gasteiger partial charge in [0.2, 0.25) is 0 Å². The fourth-order valence-electron chi connectivity index (χ4n) is 5.14. The van der Waals surface area contributed by atoms with Gasteiger partial charge in [-0.05, 0) is 55.7 Å². The molecule has 0 amide bonds. The number of carboxylic acids is 1. The van der Waals surface area contributed by atoms with Crippen LogP contribution in [0, 0.1) is 0 Å². The van der Waals surface area contributed by atoms with Crippen LogP contribution in [0.5, 0.6) is 5.75 Å². The number of carboxylic acid groups (broad SMARTS) is 1. The lowest BCUT2D eigenvalue weighted by Crippen LogP contribution is -2.36. The first-order valence-corrected chi connectivity index (χ1v) is 12.9. The molecular weight excluding hydrogens is 470 g/mol. The predicted octanol–water partition coefficient (Wildman–Crippen LogP) is 4.14. The number of aromatic nitrogens is 4. The highest BCUT2D eigenvalue weighted by Gasteiger charge is 2.26. The summed E-state index contributed by atoms with van der Waals surface area (Å²) in [6.45, 7) is 4.57. The third-order valence-electron chi connectivity index (χ3n) is 7.34. The van der Waals surface area contributed by atoms with E-state index in [9.17, 15) is 9.90 Å². The number of carbonyl (C=O) groups is 1. The van der Waals surface area contributed by atoms with Gasteiger partial charge in [0.25, 0.3) is 0 Å². The molecule has 0 aliphatic carbocycles. The minimum atomic E-state index is -0.924. The summed E-state index contributed by atoms with van der Waals surface area (Å²) in [6, 6.07) is 17.4. The van der Waals surface area contributed by atoms with Crippen LogP contribution in [-0.4, -0.2) is 61.1 Å². The van der Waals surface area contributed by atoms with Crippen LogP contribution in [0.4, 0.5) is 0 Å². The van der Waals surface area contributed by atoms with E-state index < -0.39 is 5.97 Å². The fraction of sp³-hybridized carbons (Fsp3) is 0.393. The molecule has 6 rings (SSSR count). The molecule has 4 aromatic rings. The van der Waals surface area contributed by atoms with Gasteiger partial charge in [0.15, 0.2) is 0 Å². The van der Waals surface area contributed by atoms with Crippen LogP contribution in [0.1, 0.15) is 47.2 Å². The first-order valence-electron chi connectivity index (χ1n) is 12.9. The third-order valence-corrected chi connectivity index (χ3v) is 7.34. The van der Waals surface area contributed by atoms with Crippen molar-refractivity contribution in [3.05, 3.63) is 77.9 Å². The van der Waals surface area contributed by atoms with Gasteiger partial charge < -0.3 is 19.1 Å². The summed E-state index contributed by atoms with van der Waals surface area (Å²) in [6.07, 6.45) is 5.26. The normalized spacial score (nSPS) is 18.6. The summed E-state index contributed by atoms with van der Waals surface area (Å²) in [7, 11) is 0. The summed E-state index contributed by atoms with van der Waals surface area (Å²) in [5, 5.41) is 14.2. The molecule has 2 fully saturated rings. The number of hydrogen-bond acceptors (Lipinski definition) is 6. The van der Waals surface area contributed by atoms with Gasteiger partial charge in [0, 0.05) is 25.9 Å². The highest BCUT2D eigenvalue weighted by atomic mass is 16.5. The summed E-state index contributed by atoms with van der Waals surface area (Å²) in [4.78, 5) is 18.9. The number of piperidine rings is 1. The Bertz CT molecular complexity index is 1370. The highest BCUT2D eigenvalue weighted by Crippen LogP contribution is 2.26. The smallest absolute Gasteiger partial charge is 0.335 e. The predicted molar refractivity (Wildman–Crippen MR) is 138 cm³/mol. The van der Waals surface area contributed by atoms with Crippen LogP contribution >= 0.6 is 0 Å². The lowest BCUT2D eigenvalue weighted by molar-refractivity contribution is -0.0592. The zero-order valence-electron chi connectivity index (χ0n) is 20.7. The molecule has 1 atom stereocenters. The number of fused-ring (bicyclic) bond motifs is 1. The average molecular weight is 502 g/mol. The number of likely N-dealkylation sites (tertiary alicyclic amines) is 1. The van der Waals surface area contributed by atoms with Crippen molar-refractivity contribution >= 4 is 17.0 Å². The number of nitrogens with zero attached hydrogens (tertiary/aromatic N) is 5. The Kier molecular flexibility index (Phi) is 6.63. The summed E-state index contributed by atoms with van der Waals surface area (Å²) in [5.41, 5.74) is 2.90. The van der Waals surface area contributed by atoms with Gasteiger partial charge in [-0.15, -0.1) is 0 Å². The number of rotatable bonds is 9. The van der Waals surface area contributed by atoms with E-state index in [4.69, 9.17) is 19.6 Å². The highest BCUT2D eigenvalue weighted by molar-refractivity contribution is 5.92. The van der Waals surface area contributed by atoms with Gasteiger partial charge in [-0.1, -0.05) is 18.2 Å². The van der Waals surface area contributed by atoms with E-state index in [1.807, 2.05) is 42.5 Å². The lowest BCUT2D eigenvalue weighted by atomic mass is 10.1. The number of hydrogen-bond donors (Lipinski definition) is 1. The van der Waals surface area contributed by atoms with Crippen molar-refractivity contribution in [1.82, 2.24) is 24.2 Å². The SMILES string of the molecule is O=C(O)c1ccc2nc(CN3CCC(n4ccc(COc5ccccc5)n4)CC3)n(C[C@@H]3CCO3)c2c1. The zero-order valence-corrected chi connectivity index (χ0v) is 20.7. The number of ether oxygens (including phenoxy) is 2. The second kappa shape index (κ2) is 10.4. The summed E-state index contributed by atoms with van der Waals surface area (Å²) in [5.74, 6) is 0.886. The molecule has 4 heterocycles. The number of aromatic carboxylic acids is 1. The van der Waals surface area contributed by atoms with Crippen molar-refractivity contribution in [2.24, 2.45) is 0 Å². The number of benzene rings is 2. The molecule has 37 heavy (non-hydrogen) atoms. The number of imidazole rings is 1. The van der Waals surface area contributed by atoms with E-state index in [2.05, 4.69) is 20.3 Å². The Morgan fingerprint density at radius 3 is 2.62 bits per heavy atom. The molecule has 9 heteroatoms. The molecule has 2 aromatic heterocycles. The second-order valence-electron chi connectivity index (χ2n) is 9.82. The van der Waals surface area contributed by atoms with Crippen molar-refractivity contribution in [3.8, 4) is 5.75 Å². The van der Waals surface area contributed by atoms with E-state index in [0.29, 0.717) is 19.2 Å². The fourth-order valence-corrected chi connectivity index (χ4v) is 5.14. The van der Waals surface area contributed by atoms with Gasteiger partial charge >= 0.3 is 5.97 Å². The Morgan fingerprint density at radius 2 is 1.89 bits per heavy atom. The molecule has 1 N–H and O–H groups in total. The van der Waals surface area contributed by atoms with Crippen LogP contribution < -0.4 is 4.74 Å². The van der Waals surface area contributed by atoms with Crippen LogP contribution in [-0.2, 0) is 24.4 Å². The monoisotopic (exact) mass is 501 g/mol. The quantitative estimate of drug-likeness (QED) is 0.368. The standard InChI is InChI=1S/C28H31N5O4/c34-28(35)20-6-7-25-26(16-20)32(17-24-11-15-36-24)27(29-25)18-31-12-9-22(10-13-31)33-14-8-21(30-33)19-37-23-4-2-1-3-5-23/h1-8,14,16,22,24H,9-13,15,17-19H2,(H,34,35)/t24-/m0/s1. The zero-order chi connectivity index (χ0) is 25.2. The minimum absolute atomic E-state index is 0.162. The number of para-hydroxylation sites is 1. The molecular formula is C28H31N5O4. The van der Waals surface area contributed by atoms with E-state index in [0.717, 1.165) is 73.8 Å². The van der Waals surface area contributed by atoms with Crippen molar-refractivity contribution in [1.29, 1.82) is 0 Å². The van der Waals surface area contributed by atoms with Crippen molar-refractivity contribution in [3.63, 3.8) is 0 Å². The van der Waals surface area contributed by atoms with Gasteiger partial charge in [-0.3, -0.25) is 9.58 Å². The largest absolute Gasteiger partial charge is 0.487 e. The molecule has 192 valence electrons. The van der Waals surface area contributed by atoms with Crippen molar-refractivity contribution < 1.29 is 19.4 Å². The summed E-state index contributed by atoms with van der Waals surface area (Å²) < 4.78 is 15.8. The van der Waals surface area contributed by atoms with Crippen molar-refractivity contribution in [2.75, 3.05) is 19.7 Å². The molecule has 2 aliphatic heterocycles. The maximum atomic E-state index is 11.5. The van der Waals surface area contributed by atoms with E-state index >= 15 is 0 Å². The molecule has 2 aliphatic rings. The second-order valence-corrected chi connectivity index (χ2v) is 9.82. The minimum Gasteiger partial charge on any atom is -0.487 e. The van der Waals surface area contributed by atoms with Gasteiger partial charge in [-0.25, -0.2) is 9.78 Å². The Morgan fingerprint density at radius 1 is 1.08 bits per heavy atom. The molecule has 0 radical (unpaired) electrons. The molecule has 0 spiro atoms. The third kappa shape index (κ3) is 5.23. The first kappa shape index (κ1) is 23.7. The molecule has 0 saturated carbocycles. The summed E-state index contributed by atoms with van der Waals surface area (Å²) >= 11 is 0. The van der Waals surface area contributed by atoms with Gasteiger partial charge in [0.05, 0.1) is 47.5 Å². The van der Waals surface area contributed by atoms with E-state index in [1.165, 1.54) is 0 Å². The van der Waals surface area contributed by atoms with Gasteiger partial charge in [-0.2, -0.15) is 5.10 Å².